The van der Waals surface area contributed by atoms with Crippen LogP contribution in [0.2, 0.25) is 0 Å². The average Bonchev–Trinajstić information content (AvgIpc) is 2.73. The summed E-state index contributed by atoms with van der Waals surface area (Å²) >= 11 is 0. The van der Waals surface area contributed by atoms with Crippen LogP contribution in [0.25, 0.3) is 0 Å². The van der Waals surface area contributed by atoms with Crippen LogP contribution in [0.1, 0.15) is 113 Å². The Balaban J connectivity index is 1.57. The standard InChI is InChI=1S/C30H48O3/c1-25(2)21-10-13-30(7)22(28(21,5)12-11-23(25)31)9-8-19-20-18-27(4,24(32)33)15-14-26(20,3)16-17-29(19,30)6/h8,20-23,31H,9-18H2,1-7H3,(H,32,33)/t20-,21-,22+,23?,26-,27-,28+,29-,30-/m1/s1. The zero-order valence-electron chi connectivity index (χ0n) is 22.3. The van der Waals surface area contributed by atoms with Gasteiger partial charge in [-0.05, 0) is 116 Å². The Bertz CT molecular complexity index is 889. The zero-order valence-corrected chi connectivity index (χ0v) is 22.3. The van der Waals surface area contributed by atoms with Crippen LogP contribution < -0.4 is 0 Å². The second kappa shape index (κ2) is 6.89. The second-order valence-corrected chi connectivity index (χ2v) is 14.9. The van der Waals surface area contributed by atoms with Crippen LogP contribution in [0, 0.1) is 50.2 Å². The van der Waals surface area contributed by atoms with Gasteiger partial charge in [0.05, 0.1) is 11.5 Å². The van der Waals surface area contributed by atoms with E-state index < -0.39 is 11.4 Å². The van der Waals surface area contributed by atoms with Crippen molar-refractivity contribution in [1.29, 1.82) is 0 Å². The molecule has 3 heteroatoms. The lowest BCUT2D eigenvalue weighted by atomic mass is 9.33. The fourth-order valence-corrected chi connectivity index (χ4v) is 10.5. The van der Waals surface area contributed by atoms with Crippen molar-refractivity contribution in [3.05, 3.63) is 11.6 Å². The summed E-state index contributed by atoms with van der Waals surface area (Å²) < 4.78 is 0. The minimum atomic E-state index is -0.603. The first-order chi connectivity index (χ1) is 15.1. The maximum atomic E-state index is 12.2. The molecule has 1 unspecified atom stereocenters. The number of carbonyl (C=O) groups is 1. The summed E-state index contributed by atoms with van der Waals surface area (Å²) in [6.07, 6.45) is 13.2. The number of rotatable bonds is 1. The number of allylic oxidation sites excluding steroid dienone is 2. The van der Waals surface area contributed by atoms with Crippen LogP contribution in [0.5, 0.6) is 0 Å². The highest BCUT2D eigenvalue weighted by atomic mass is 16.4. The van der Waals surface area contributed by atoms with Gasteiger partial charge in [0.25, 0.3) is 0 Å². The average molecular weight is 457 g/mol. The topological polar surface area (TPSA) is 57.5 Å². The van der Waals surface area contributed by atoms with E-state index >= 15 is 0 Å². The van der Waals surface area contributed by atoms with Crippen molar-refractivity contribution in [2.45, 2.75) is 119 Å². The first kappa shape index (κ1) is 23.9. The summed E-state index contributed by atoms with van der Waals surface area (Å²) in [7, 11) is 0. The van der Waals surface area contributed by atoms with Crippen LogP contribution in [0.3, 0.4) is 0 Å². The maximum Gasteiger partial charge on any atom is 0.309 e. The minimum absolute atomic E-state index is 0.0168. The molecule has 186 valence electrons. The Morgan fingerprint density at radius 2 is 1.55 bits per heavy atom. The molecule has 0 heterocycles. The summed E-state index contributed by atoms with van der Waals surface area (Å²) in [5, 5.41) is 20.9. The van der Waals surface area contributed by atoms with Crippen molar-refractivity contribution in [1.82, 2.24) is 0 Å². The lowest BCUT2D eigenvalue weighted by Crippen LogP contribution is -2.64. The molecule has 0 amide bonds. The number of aliphatic carboxylic acids is 1. The van der Waals surface area contributed by atoms with Crippen molar-refractivity contribution in [2.24, 2.45) is 50.2 Å². The molecule has 5 aliphatic carbocycles. The predicted molar refractivity (Wildman–Crippen MR) is 133 cm³/mol. The smallest absolute Gasteiger partial charge is 0.309 e. The molecule has 0 bridgehead atoms. The van der Waals surface area contributed by atoms with Crippen molar-refractivity contribution < 1.29 is 15.0 Å². The number of hydrogen-bond donors (Lipinski definition) is 2. The first-order valence-corrected chi connectivity index (χ1v) is 13.8. The van der Waals surface area contributed by atoms with Crippen molar-refractivity contribution in [3.8, 4) is 0 Å². The van der Waals surface area contributed by atoms with Crippen molar-refractivity contribution in [3.63, 3.8) is 0 Å². The molecule has 0 aromatic heterocycles. The van der Waals surface area contributed by atoms with Crippen molar-refractivity contribution >= 4 is 5.97 Å². The number of hydrogen-bond acceptors (Lipinski definition) is 2. The van der Waals surface area contributed by atoms with Crippen molar-refractivity contribution in [2.75, 3.05) is 0 Å². The van der Waals surface area contributed by atoms with E-state index in [4.69, 9.17) is 0 Å². The molecule has 0 aliphatic heterocycles. The molecule has 0 spiro atoms. The molecule has 2 N–H and O–H groups in total. The fourth-order valence-electron chi connectivity index (χ4n) is 10.5. The second-order valence-electron chi connectivity index (χ2n) is 14.9. The third-order valence-electron chi connectivity index (χ3n) is 13.3. The molecule has 3 nitrogen and oxygen atoms in total. The molecular weight excluding hydrogens is 408 g/mol. The van der Waals surface area contributed by atoms with Gasteiger partial charge in [-0.2, -0.15) is 0 Å². The van der Waals surface area contributed by atoms with Gasteiger partial charge in [0.2, 0.25) is 0 Å². The molecule has 0 aromatic carbocycles. The van der Waals surface area contributed by atoms with Gasteiger partial charge in [0, 0.05) is 0 Å². The number of fused-ring (bicyclic) bond motifs is 7. The molecule has 5 aliphatic rings. The van der Waals surface area contributed by atoms with E-state index in [9.17, 15) is 15.0 Å². The summed E-state index contributed by atoms with van der Waals surface area (Å²) in [5.74, 6) is 1.01. The first-order valence-electron chi connectivity index (χ1n) is 13.8. The molecule has 0 saturated heterocycles. The normalized spacial score (nSPS) is 55.3. The third-order valence-corrected chi connectivity index (χ3v) is 13.3. The predicted octanol–water partition coefficient (Wildman–Crippen LogP) is 7.23. The van der Waals surface area contributed by atoms with Gasteiger partial charge in [-0.15, -0.1) is 0 Å². The van der Waals surface area contributed by atoms with Gasteiger partial charge in [-0.1, -0.05) is 53.2 Å². The number of carboxylic acid groups (broad SMARTS) is 1. The highest BCUT2D eigenvalue weighted by molar-refractivity contribution is 5.74. The molecule has 4 fully saturated rings. The summed E-state index contributed by atoms with van der Waals surface area (Å²) in [6.45, 7) is 16.8. The van der Waals surface area contributed by atoms with Crippen LogP contribution in [-0.2, 0) is 4.79 Å². The molecule has 5 rings (SSSR count). The van der Waals surface area contributed by atoms with Gasteiger partial charge < -0.3 is 10.2 Å². The van der Waals surface area contributed by atoms with E-state index in [2.05, 4.69) is 47.6 Å². The zero-order chi connectivity index (χ0) is 24.2. The third kappa shape index (κ3) is 2.87. The SMILES string of the molecule is CC1(C)C(O)CC[C@@]2(C)[C@@H]1CC[C@]1(C)[C@H]2CC=C2[C@H]3C[C@](C)(C(=O)O)CC[C@]3(C)CC[C@]21C. The van der Waals surface area contributed by atoms with Crippen LogP contribution >= 0.6 is 0 Å². The maximum absolute atomic E-state index is 12.2. The number of aliphatic hydroxyl groups is 1. The molecule has 4 saturated carbocycles. The van der Waals surface area contributed by atoms with E-state index in [1.807, 2.05) is 6.92 Å². The van der Waals surface area contributed by atoms with E-state index in [1.54, 1.807) is 5.57 Å². The van der Waals surface area contributed by atoms with Crippen LogP contribution in [0.4, 0.5) is 0 Å². The van der Waals surface area contributed by atoms with Gasteiger partial charge in [-0.25, -0.2) is 0 Å². The summed E-state index contributed by atoms with van der Waals surface area (Å²) in [6, 6.07) is 0. The van der Waals surface area contributed by atoms with E-state index in [0.29, 0.717) is 17.8 Å². The monoisotopic (exact) mass is 456 g/mol. The van der Waals surface area contributed by atoms with Gasteiger partial charge >= 0.3 is 5.97 Å². The quantitative estimate of drug-likeness (QED) is 0.409. The molecule has 33 heavy (non-hydrogen) atoms. The minimum Gasteiger partial charge on any atom is -0.481 e. The van der Waals surface area contributed by atoms with Gasteiger partial charge in [-0.3, -0.25) is 4.79 Å². The molecule has 0 radical (unpaired) electrons. The highest BCUT2D eigenvalue weighted by Gasteiger charge is 2.68. The Morgan fingerprint density at radius 1 is 0.879 bits per heavy atom. The van der Waals surface area contributed by atoms with E-state index in [0.717, 1.165) is 38.5 Å². The Morgan fingerprint density at radius 3 is 2.21 bits per heavy atom. The van der Waals surface area contributed by atoms with Gasteiger partial charge in [0.15, 0.2) is 0 Å². The lowest BCUT2D eigenvalue weighted by Gasteiger charge is -2.71. The summed E-state index contributed by atoms with van der Waals surface area (Å²) in [5.41, 5.74) is 1.94. The van der Waals surface area contributed by atoms with Crippen LogP contribution in [0.15, 0.2) is 11.6 Å². The summed E-state index contributed by atoms with van der Waals surface area (Å²) in [4.78, 5) is 12.2. The highest BCUT2D eigenvalue weighted by Crippen LogP contribution is 2.75. The number of aliphatic hydroxyl groups excluding tert-OH is 1. The Hall–Kier alpha value is -0.830. The lowest BCUT2D eigenvalue weighted by molar-refractivity contribution is -0.203. The Kier molecular flexibility index (Phi) is 4.99. The van der Waals surface area contributed by atoms with E-state index in [-0.39, 0.29) is 33.2 Å². The molecule has 0 aromatic rings. The van der Waals surface area contributed by atoms with Gasteiger partial charge in [0.1, 0.15) is 0 Å². The fraction of sp³-hybridized carbons (Fsp3) is 0.900. The molecule has 9 atom stereocenters. The van der Waals surface area contributed by atoms with E-state index in [1.165, 1.54) is 25.7 Å². The Labute approximate surface area is 201 Å². The largest absolute Gasteiger partial charge is 0.481 e. The van der Waals surface area contributed by atoms with Crippen LogP contribution in [-0.4, -0.2) is 22.3 Å². The number of carboxylic acids is 1. The molecular formula is C30H48O3.